The summed E-state index contributed by atoms with van der Waals surface area (Å²) in [5.41, 5.74) is 2.46. The van der Waals surface area contributed by atoms with Crippen molar-refractivity contribution in [3.8, 4) is 0 Å². The van der Waals surface area contributed by atoms with Gasteiger partial charge in [0.25, 0.3) is 0 Å². The van der Waals surface area contributed by atoms with Gasteiger partial charge in [-0.05, 0) is 23.1 Å². The highest BCUT2D eigenvalue weighted by molar-refractivity contribution is 5.79. The molecule has 0 aliphatic heterocycles. The fourth-order valence-corrected chi connectivity index (χ4v) is 3.08. The highest BCUT2D eigenvalue weighted by atomic mass is 15.3. The summed E-state index contributed by atoms with van der Waals surface area (Å²) in [6.45, 7) is 7.45. The lowest BCUT2D eigenvalue weighted by atomic mass is 10.1. The highest BCUT2D eigenvalue weighted by Crippen LogP contribution is 2.10. The quantitative estimate of drug-likeness (QED) is 0.466. The molecule has 0 saturated heterocycles. The van der Waals surface area contributed by atoms with E-state index < -0.39 is 0 Å². The maximum atomic E-state index is 4.46. The maximum absolute atomic E-state index is 4.46. The molecule has 0 fully saturated rings. The van der Waals surface area contributed by atoms with Crippen molar-refractivity contribution in [2.45, 2.75) is 40.0 Å². The maximum Gasteiger partial charge on any atom is 0.191 e. The second-order valence-electron chi connectivity index (χ2n) is 7.14. The number of hydrogen-bond acceptors (Lipinski definition) is 3. The molecule has 2 aromatic heterocycles. The fourth-order valence-electron chi connectivity index (χ4n) is 3.08. The summed E-state index contributed by atoms with van der Waals surface area (Å²) in [4.78, 5) is 8.80. The van der Waals surface area contributed by atoms with Crippen molar-refractivity contribution >= 4 is 5.96 Å². The number of aromatic nitrogens is 4. The molecule has 3 aromatic rings. The number of guanidine groups is 1. The van der Waals surface area contributed by atoms with E-state index in [4.69, 9.17) is 0 Å². The average Bonchev–Trinajstić information content (AvgIpc) is 3.35. The van der Waals surface area contributed by atoms with Crippen LogP contribution in [0, 0.1) is 5.92 Å². The first-order valence-electron chi connectivity index (χ1n) is 9.64. The molecule has 2 N–H and O–H groups in total. The largest absolute Gasteiger partial charge is 0.352 e. The van der Waals surface area contributed by atoms with Gasteiger partial charge in [0.1, 0.15) is 5.82 Å². The summed E-state index contributed by atoms with van der Waals surface area (Å²) < 4.78 is 4.12. The number of imidazole rings is 1. The molecule has 1 aromatic carbocycles. The van der Waals surface area contributed by atoms with Crippen LogP contribution in [0.15, 0.2) is 60.1 Å². The number of hydrogen-bond donors (Lipinski definition) is 2. The monoisotopic (exact) mass is 379 g/mol. The third-order valence-electron chi connectivity index (χ3n) is 4.46. The molecule has 0 bridgehead atoms. The Labute approximate surface area is 166 Å². The number of nitrogens with zero attached hydrogens (tertiary/aromatic N) is 5. The van der Waals surface area contributed by atoms with Gasteiger partial charge in [-0.3, -0.25) is 9.67 Å². The van der Waals surface area contributed by atoms with Gasteiger partial charge in [-0.1, -0.05) is 38.1 Å². The van der Waals surface area contributed by atoms with Gasteiger partial charge in [-0.25, -0.2) is 4.98 Å². The summed E-state index contributed by atoms with van der Waals surface area (Å²) in [5.74, 6) is 2.35. The summed E-state index contributed by atoms with van der Waals surface area (Å²) in [6.07, 6.45) is 7.65. The van der Waals surface area contributed by atoms with E-state index >= 15 is 0 Å². The van der Waals surface area contributed by atoms with Gasteiger partial charge in [0.2, 0.25) is 0 Å². The number of rotatable bonds is 8. The second-order valence-corrected chi connectivity index (χ2v) is 7.14. The van der Waals surface area contributed by atoms with Gasteiger partial charge in [0, 0.05) is 44.9 Å². The van der Waals surface area contributed by atoms with E-state index in [0.29, 0.717) is 19.0 Å². The van der Waals surface area contributed by atoms with Gasteiger partial charge in [0.15, 0.2) is 5.96 Å². The van der Waals surface area contributed by atoms with Crippen molar-refractivity contribution in [3.63, 3.8) is 0 Å². The average molecular weight is 380 g/mol. The summed E-state index contributed by atoms with van der Waals surface area (Å²) in [5, 5.41) is 11.1. The Bertz CT molecular complexity index is 878. The fraction of sp³-hybridized carbons (Fsp3) is 0.381. The third kappa shape index (κ3) is 5.45. The van der Waals surface area contributed by atoms with Crippen LogP contribution in [0.2, 0.25) is 0 Å². The molecule has 148 valence electrons. The molecule has 3 rings (SSSR count). The van der Waals surface area contributed by atoms with E-state index in [1.54, 1.807) is 13.2 Å². The zero-order chi connectivity index (χ0) is 19.8. The Kier molecular flexibility index (Phi) is 6.84. The lowest BCUT2D eigenvalue weighted by Gasteiger charge is -2.15. The molecule has 7 nitrogen and oxygen atoms in total. The van der Waals surface area contributed by atoms with Crippen LogP contribution in [-0.4, -0.2) is 32.3 Å². The van der Waals surface area contributed by atoms with Crippen molar-refractivity contribution in [3.05, 3.63) is 72.1 Å². The normalized spacial score (nSPS) is 11.8. The molecule has 2 heterocycles. The van der Waals surface area contributed by atoms with Gasteiger partial charge in [0.05, 0.1) is 13.1 Å². The highest BCUT2D eigenvalue weighted by Gasteiger charge is 2.07. The molecule has 28 heavy (non-hydrogen) atoms. The predicted octanol–water partition coefficient (Wildman–Crippen LogP) is 2.65. The summed E-state index contributed by atoms with van der Waals surface area (Å²) >= 11 is 0. The SMILES string of the molecule is CN=C(NCc1ccccc1Cn1cccn1)NCc1nccn1CC(C)C. The van der Waals surface area contributed by atoms with Gasteiger partial charge < -0.3 is 15.2 Å². The van der Waals surface area contributed by atoms with Crippen LogP contribution in [-0.2, 0) is 26.2 Å². The molecule has 0 aliphatic rings. The van der Waals surface area contributed by atoms with Crippen LogP contribution >= 0.6 is 0 Å². The molecular formula is C21H29N7. The van der Waals surface area contributed by atoms with E-state index in [9.17, 15) is 0 Å². The zero-order valence-electron chi connectivity index (χ0n) is 16.8. The number of aliphatic imine (C=N–C) groups is 1. The van der Waals surface area contributed by atoms with Crippen molar-refractivity contribution in [1.82, 2.24) is 30.0 Å². The van der Waals surface area contributed by atoms with Gasteiger partial charge in [-0.2, -0.15) is 5.10 Å². The molecule has 0 saturated carbocycles. The zero-order valence-corrected chi connectivity index (χ0v) is 16.8. The van der Waals surface area contributed by atoms with Crippen LogP contribution in [0.3, 0.4) is 0 Å². The first kappa shape index (κ1) is 19.7. The first-order valence-corrected chi connectivity index (χ1v) is 9.64. The van der Waals surface area contributed by atoms with Crippen LogP contribution in [0.25, 0.3) is 0 Å². The lowest BCUT2D eigenvalue weighted by molar-refractivity contribution is 0.503. The standard InChI is InChI=1S/C21H29N7/c1-17(2)15-27-12-10-23-20(27)14-25-21(22-3)24-13-18-7-4-5-8-19(18)16-28-11-6-9-26-28/h4-12,17H,13-16H2,1-3H3,(H2,22,24,25). The molecular weight excluding hydrogens is 350 g/mol. The molecule has 0 amide bonds. The molecule has 0 aliphatic carbocycles. The van der Waals surface area contributed by atoms with E-state index in [-0.39, 0.29) is 0 Å². The topological polar surface area (TPSA) is 72.1 Å². The van der Waals surface area contributed by atoms with Gasteiger partial charge in [-0.15, -0.1) is 0 Å². The van der Waals surface area contributed by atoms with Crippen LogP contribution < -0.4 is 10.6 Å². The van der Waals surface area contributed by atoms with Crippen LogP contribution in [0.1, 0.15) is 30.8 Å². The Morgan fingerprint density at radius 2 is 1.82 bits per heavy atom. The lowest BCUT2D eigenvalue weighted by Crippen LogP contribution is -2.37. The molecule has 0 atom stereocenters. The van der Waals surface area contributed by atoms with E-state index in [1.807, 2.05) is 29.3 Å². The number of nitrogens with one attached hydrogen (secondary N) is 2. The Balaban J connectivity index is 1.57. The van der Waals surface area contributed by atoms with Crippen molar-refractivity contribution in [1.29, 1.82) is 0 Å². The van der Waals surface area contributed by atoms with Crippen molar-refractivity contribution in [2.75, 3.05) is 7.05 Å². The van der Waals surface area contributed by atoms with Crippen molar-refractivity contribution in [2.24, 2.45) is 10.9 Å². The molecule has 0 radical (unpaired) electrons. The molecule has 7 heteroatoms. The molecule has 0 unspecified atom stereocenters. The Morgan fingerprint density at radius 1 is 1.04 bits per heavy atom. The Morgan fingerprint density at radius 3 is 2.54 bits per heavy atom. The minimum Gasteiger partial charge on any atom is -0.352 e. The van der Waals surface area contributed by atoms with Crippen LogP contribution in [0.4, 0.5) is 0 Å². The van der Waals surface area contributed by atoms with Crippen LogP contribution in [0.5, 0.6) is 0 Å². The second kappa shape index (κ2) is 9.73. The predicted molar refractivity (Wildman–Crippen MR) is 112 cm³/mol. The number of benzene rings is 1. The van der Waals surface area contributed by atoms with E-state index in [1.165, 1.54) is 11.1 Å². The summed E-state index contributed by atoms with van der Waals surface area (Å²) in [6, 6.07) is 10.3. The van der Waals surface area contributed by atoms with Gasteiger partial charge >= 0.3 is 0 Å². The molecule has 0 spiro atoms. The van der Waals surface area contributed by atoms with Crippen molar-refractivity contribution < 1.29 is 0 Å². The first-order chi connectivity index (χ1) is 13.7. The minimum absolute atomic E-state index is 0.580. The minimum atomic E-state index is 0.580. The Hall–Kier alpha value is -3.09. The summed E-state index contributed by atoms with van der Waals surface area (Å²) in [7, 11) is 1.78. The van der Waals surface area contributed by atoms with E-state index in [2.05, 4.69) is 68.4 Å². The van der Waals surface area contributed by atoms with E-state index in [0.717, 1.165) is 24.9 Å². The smallest absolute Gasteiger partial charge is 0.191 e. The third-order valence-corrected chi connectivity index (χ3v) is 4.46.